The average molecular weight is 499 g/mol. The molecule has 7 heteroatoms. The summed E-state index contributed by atoms with van der Waals surface area (Å²) >= 11 is 3.49. The van der Waals surface area contributed by atoms with Crippen LogP contribution in [0.4, 0.5) is 0 Å². The monoisotopic (exact) mass is 498 g/mol. The molecule has 2 saturated heterocycles. The van der Waals surface area contributed by atoms with Gasteiger partial charge in [-0.25, -0.2) is 0 Å². The molecule has 0 spiro atoms. The maximum atomic E-state index is 13.1. The van der Waals surface area contributed by atoms with Crippen LogP contribution in [0.3, 0.4) is 0 Å². The Morgan fingerprint density at radius 3 is 2.50 bits per heavy atom. The van der Waals surface area contributed by atoms with Gasteiger partial charge in [-0.3, -0.25) is 14.5 Å². The predicted molar refractivity (Wildman–Crippen MR) is 126 cm³/mol. The second-order valence-electron chi connectivity index (χ2n) is 8.22. The number of carbonyl (C=O) groups excluding carboxylic acids is 2. The maximum Gasteiger partial charge on any atom is 0.295 e. The maximum absolute atomic E-state index is 13.1. The first-order chi connectivity index (χ1) is 15.5. The number of benzene rings is 2. The molecule has 1 N–H and O–H groups in total. The topological polar surface area (TPSA) is 70.1 Å². The number of aliphatic hydroxyl groups is 1. The number of hydrogen-bond acceptors (Lipinski definition) is 5. The van der Waals surface area contributed by atoms with Crippen molar-refractivity contribution >= 4 is 33.4 Å². The highest BCUT2D eigenvalue weighted by Gasteiger charge is 2.45. The van der Waals surface area contributed by atoms with Gasteiger partial charge in [-0.05, 0) is 31.0 Å². The molecule has 0 aromatic heterocycles. The van der Waals surface area contributed by atoms with Crippen molar-refractivity contribution in [1.82, 2.24) is 9.80 Å². The van der Waals surface area contributed by atoms with E-state index in [4.69, 9.17) is 4.74 Å². The van der Waals surface area contributed by atoms with Crippen LogP contribution in [-0.4, -0.2) is 66.0 Å². The standard InChI is InChI=1S/C25H27BrN2O4/c1-17-6-8-18(9-7-17)23(29)21-22(19-4-2-5-20(26)16-19)28(25(31)24(21)30)11-3-10-27-12-14-32-15-13-27/h2,4-9,16,22,29H,3,10-15H2,1H3/t22-/m0/s1. The normalized spacial score (nSPS) is 21.3. The molecule has 0 aliphatic carbocycles. The van der Waals surface area contributed by atoms with Crippen LogP contribution in [-0.2, 0) is 14.3 Å². The van der Waals surface area contributed by atoms with E-state index in [1.165, 1.54) is 0 Å². The third kappa shape index (κ3) is 4.80. The zero-order valence-corrected chi connectivity index (χ0v) is 19.7. The number of aryl methyl sites for hydroxylation is 1. The summed E-state index contributed by atoms with van der Waals surface area (Å²) in [5.74, 6) is -1.34. The predicted octanol–water partition coefficient (Wildman–Crippen LogP) is 3.90. The number of nitrogens with zero attached hydrogens (tertiary/aromatic N) is 2. The average Bonchev–Trinajstić information content (AvgIpc) is 3.05. The molecule has 1 atom stereocenters. The van der Waals surface area contributed by atoms with Crippen LogP contribution in [0, 0.1) is 6.92 Å². The van der Waals surface area contributed by atoms with Crippen LogP contribution in [0.1, 0.15) is 29.2 Å². The molecule has 2 fully saturated rings. The first-order valence-electron chi connectivity index (χ1n) is 10.9. The summed E-state index contributed by atoms with van der Waals surface area (Å²) in [6.07, 6.45) is 0.738. The second-order valence-corrected chi connectivity index (χ2v) is 9.14. The van der Waals surface area contributed by atoms with Gasteiger partial charge in [-0.2, -0.15) is 0 Å². The molecule has 4 rings (SSSR count). The molecule has 2 aromatic carbocycles. The summed E-state index contributed by atoms with van der Waals surface area (Å²) in [6.45, 7) is 6.42. The van der Waals surface area contributed by atoms with Gasteiger partial charge in [-0.1, -0.05) is 57.9 Å². The molecule has 0 bridgehead atoms. The largest absolute Gasteiger partial charge is 0.507 e. The third-order valence-corrected chi connectivity index (χ3v) is 6.50. The number of hydrogen-bond donors (Lipinski definition) is 1. The van der Waals surface area contributed by atoms with Gasteiger partial charge < -0.3 is 14.7 Å². The second kappa shape index (κ2) is 9.98. The zero-order chi connectivity index (χ0) is 22.7. The molecule has 2 aliphatic rings. The minimum atomic E-state index is -0.639. The molecule has 32 heavy (non-hydrogen) atoms. The molecular weight excluding hydrogens is 472 g/mol. The molecule has 1 amide bonds. The van der Waals surface area contributed by atoms with E-state index >= 15 is 0 Å². The van der Waals surface area contributed by atoms with Gasteiger partial charge in [0.15, 0.2) is 0 Å². The molecule has 2 heterocycles. The molecule has 0 unspecified atom stereocenters. The fourth-order valence-corrected chi connectivity index (χ4v) is 4.71. The summed E-state index contributed by atoms with van der Waals surface area (Å²) in [5.41, 5.74) is 2.51. The Morgan fingerprint density at radius 2 is 1.81 bits per heavy atom. The number of halogens is 1. The van der Waals surface area contributed by atoms with E-state index in [0.29, 0.717) is 12.1 Å². The summed E-state index contributed by atoms with van der Waals surface area (Å²) < 4.78 is 6.25. The van der Waals surface area contributed by atoms with Crippen LogP contribution < -0.4 is 0 Å². The van der Waals surface area contributed by atoms with Crippen molar-refractivity contribution in [3.63, 3.8) is 0 Å². The summed E-state index contributed by atoms with van der Waals surface area (Å²) in [6, 6.07) is 14.2. The van der Waals surface area contributed by atoms with Crippen molar-refractivity contribution < 1.29 is 19.4 Å². The van der Waals surface area contributed by atoms with Gasteiger partial charge >= 0.3 is 0 Å². The highest BCUT2D eigenvalue weighted by atomic mass is 79.9. The van der Waals surface area contributed by atoms with Gasteiger partial charge in [-0.15, -0.1) is 0 Å². The van der Waals surface area contributed by atoms with Crippen molar-refractivity contribution in [2.75, 3.05) is 39.4 Å². The van der Waals surface area contributed by atoms with Crippen molar-refractivity contribution in [3.05, 3.63) is 75.3 Å². The highest BCUT2D eigenvalue weighted by Crippen LogP contribution is 2.40. The van der Waals surface area contributed by atoms with Gasteiger partial charge in [0.25, 0.3) is 11.7 Å². The van der Waals surface area contributed by atoms with Gasteiger partial charge in [0.2, 0.25) is 0 Å². The van der Waals surface area contributed by atoms with Crippen molar-refractivity contribution in [2.45, 2.75) is 19.4 Å². The fourth-order valence-electron chi connectivity index (χ4n) is 4.29. The molecule has 6 nitrogen and oxygen atoms in total. The fraction of sp³-hybridized carbons (Fsp3) is 0.360. The van der Waals surface area contributed by atoms with E-state index in [0.717, 1.165) is 54.9 Å². The number of rotatable bonds is 6. The Morgan fingerprint density at radius 1 is 1.09 bits per heavy atom. The SMILES string of the molecule is Cc1ccc(C(O)=C2C(=O)C(=O)N(CCCN3CCOCC3)[C@H]2c2cccc(Br)c2)cc1. The van der Waals surface area contributed by atoms with Gasteiger partial charge in [0.1, 0.15) is 5.76 Å². The number of amides is 1. The van der Waals surface area contributed by atoms with Crippen molar-refractivity contribution in [3.8, 4) is 0 Å². The van der Waals surface area contributed by atoms with E-state index in [1.807, 2.05) is 43.3 Å². The van der Waals surface area contributed by atoms with Crippen LogP contribution >= 0.6 is 15.9 Å². The smallest absolute Gasteiger partial charge is 0.295 e. The summed E-state index contributed by atoms with van der Waals surface area (Å²) in [7, 11) is 0. The summed E-state index contributed by atoms with van der Waals surface area (Å²) in [4.78, 5) is 30.0. The lowest BCUT2D eigenvalue weighted by atomic mass is 9.95. The first-order valence-corrected chi connectivity index (χ1v) is 11.7. The first kappa shape index (κ1) is 22.7. The molecule has 0 saturated carbocycles. The number of carbonyl (C=O) groups is 2. The van der Waals surface area contributed by atoms with E-state index < -0.39 is 17.7 Å². The van der Waals surface area contributed by atoms with E-state index in [-0.39, 0.29) is 11.3 Å². The third-order valence-electron chi connectivity index (χ3n) is 6.01. The Balaban J connectivity index is 1.67. The number of ketones is 1. The number of ether oxygens (including phenoxy) is 1. The number of aliphatic hydroxyl groups excluding tert-OH is 1. The zero-order valence-electron chi connectivity index (χ0n) is 18.1. The Kier molecular flexibility index (Phi) is 7.08. The Labute approximate surface area is 196 Å². The van der Waals surface area contributed by atoms with E-state index in [2.05, 4.69) is 20.8 Å². The van der Waals surface area contributed by atoms with Crippen molar-refractivity contribution in [2.24, 2.45) is 0 Å². The Bertz CT molecular complexity index is 1030. The molecule has 2 aliphatic heterocycles. The van der Waals surface area contributed by atoms with Crippen LogP contribution in [0.15, 0.2) is 58.6 Å². The van der Waals surface area contributed by atoms with E-state index in [1.54, 1.807) is 17.0 Å². The lowest BCUT2D eigenvalue weighted by Gasteiger charge is -2.29. The number of Topliss-reactive ketones (excluding diaryl/α,β-unsaturated/α-hetero) is 1. The van der Waals surface area contributed by atoms with Crippen LogP contribution in [0.2, 0.25) is 0 Å². The molecule has 168 valence electrons. The van der Waals surface area contributed by atoms with Crippen LogP contribution in [0.5, 0.6) is 0 Å². The lowest BCUT2D eigenvalue weighted by Crippen LogP contribution is -2.38. The minimum absolute atomic E-state index is 0.135. The number of morpholine rings is 1. The Hall–Kier alpha value is -2.48. The lowest BCUT2D eigenvalue weighted by molar-refractivity contribution is -0.140. The van der Waals surface area contributed by atoms with Crippen LogP contribution in [0.25, 0.3) is 5.76 Å². The number of likely N-dealkylation sites (tertiary alicyclic amines) is 1. The molecule has 0 radical (unpaired) electrons. The quantitative estimate of drug-likeness (QED) is 0.371. The minimum Gasteiger partial charge on any atom is -0.507 e. The van der Waals surface area contributed by atoms with Crippen molar-refractivity contribution in [1.29, 1.82) is 0 Å². The highest BCUT2D eigenvalue weighted by molar-refractivity contribution is 9.10. The van der Waals surface area contributed by atoms with Gasteiger partial charge in [0.05, 0.1) is 24.8 Å². The molecular formula is C25H27BrN2O4. The molecule has 2 aromatic rings. The van der Waals surface area contributed by atoms with Gasteiger partial charge in [0, 0.05) is 36.2 Å². The van der Waals surface area contributed by atoms with E-state index in [9.17, 15) is 14.7 Å². The summed E-state index contributed by atoms with van der Waals surface area (Å²) in [5, 5.41) is 11.1.